The van der Waals surface area contributed by atoms with Crippen molar-refractivity contribution in [3.05, 3.63) is 46.8 Å². The third-order valence-corrected chi connectivity index (χ3v) is 2.17. The summed E-state index contributed by atoms with van der Waals surface area (Å²) in [5, 5.41) is 0. The van der Waals surface area contributed by atoms with Crippen molar-refractivity contribution in [3.63, 3.8) is 0 Å². The van der Waals surface area contributed by atoms with Gasteiger partial charge in [0.05, 0.1) is 26.4 Å². The van der Waals surface area contributed by atoms with Gasteiger partial charge in [-0.3, -0.25) is 0 Å². The van der Waals surface area contributed by atoms with Crippen LogP contribution >= 0.6 is 0 Å². The monoisotopic (exact) mass is 245 g/mol. The molecule has 0 amide bonds. The molecule has 5 heteroatoms. The van der Waals surface area contributed by atoms with Crippen molar-refractivity contribution < 1.29 is 19.1 Å². The lowest BCUT2D eigenvalue weighted by Crippen LogP contribution is -2.01. The van der Waals surface area contributed by atoms with E-state index in [-0.39, 0.29) is 0 Å². The standard InChI is InChI=1S/C13H11NO4/c1-14-11-6-4-10(13(16)18-3)8-9(11)5-7-12(15)17-2/h4-8H,2-3H3/b7-5+. The fraction of sp³-hybridized carbons (Fsp3) is 0.154. The molecule has 0 N–H and O–H groups in total. The van der Waals surface area contributed by atoms with Crippen molar-refractivity contribution in [1.29, 1.82) is 0 Å². The summed E-state index contributed by atoms with van der Waals surface area (Å²) in [6, 6.07) is 4.48. The SMILES string of the molecule is [C-]#[N+]c1ccc(C(=O)OC)cc1/C=C/C(=O)OC. The van der Waals surface area contributed by atoms with Gasteiger partial charge in [-0.25, -0.2) is 14.4 Å². The van der Waals surface area contributed by atoms with E-state index in [1.54, 1.807) is 0 Å². The Morgan fingerprint density at radius 2 is 2.00 bits per heavy atom. The highest BCUT2D eigenvalue weighted by atomic mass is 16.5. The van der Waals surface area contributed by atoms with Crippen LogP contribution in [-0.2, 0) is 14.3 Å². The summed E-state index contributed by atoms with van der Waals surface area (Å²) in [7, 11) is 2.53. The first-order valence-corrected chi connectivity index (χ1v) is 4.98. The quantitative estimate of drug-likeness (QED) is 0.465. The van der Waals surface area contributed by atoms with Crippen LogP contribution in [0.1, 0.15) is 15.9 Å². The minimum Gasteiger partial charge on any atom is -0.466 e. The maximum atomic E-state index is 11.3. The summed E-state index contributed by atoms with van der Waals surface area (Å²) < 4.78 is 9.03. The molecule has 0 radical (unpaired) electrons. The van der Waals surface area contributed by atoms with Crippen LogP contribution in [0.15, 0.2) is 24.3 Å². The highest BCUT2D eigenvalue weighted by Crippen LogP contribution is 2.22. The first-order valence-electron chi connectivity index (χ1n) is 4.98. The molecule has 18 heavy (non-hydrogen) atoms. The molecule has 0 aromatic heterocycles. The highest BCUT2D eigenvalue weighted by molar-refractivity contribution is 5.93. The van der Waals surface area contributed by atoms with Gasteiger partial charge in [-0.15, -0.1) is 0 Å². The third kappa shape index (κ3) is 3.19. The van der Waals surface area contributed by atoms with Gasteiger partial charge >= 0.3 is 11.9 Å². The molecule has 0 aliphatic heterocycles. The number of nitrogens with zero attached hydrogens (tertiary/aromatic N) is 1. The van der Waals surface area contributed by atoms with Crippen LogP contribution in [0, 0.1) is 6.57 Å². The van der Waals surface area contributed by atoms with E-state index in [4.69, 9.17) is 6.57 Å². The van der Waals surface area contributed by atoms with Crippen LogP contribution in [0.3, 0.4) is 0 Å². The minimum atomic E-state index is -0.533. The molecule has 1 aromatic rings. The summed E-state index contributed by atoms with van der Waals surface area (Å²) in [6.45, 7) is 7.00. The largest absolute Gasteiger partial charge is 0.466 e. The zero-order chi connectivity index (χ0) is 13.5. The Kier molecular flexibility index (Phi) is 4.64. The lowest BCUT2D eigenvalue weighted by atomic mass is 10.1. The number of ether oxygens (including phenoxy) is 2. The smallest absolute Gasteiger partial charge is 0.337 e. The average Bonchev–Trinajstić information content (AvgIpc) is 2.43. The summed E-state index contributed by atoms with van der Waals surface area (Å²) in [4.78, 5) is 25.6. The molecule has 0 heterocycles. The van der Waals surface area contributed by atoms with Gasteiger partial charge in [-0.05, 0) is 5.56 Å². The van der Waals surface area contributed by atoms with Gasteiger partial charge in [-0.2, -0.15) is 0 Å². The van der Waals surface area contributed by atoms with Crippen LogP contribution in [0.2, 0.25) is 0 Å². The Labute approximate surface area is 104 Å². The number of carbonyl (C=O) groups excluding carboxylic acids is 2. The van der Waals surface area contributed by atoms with Crippen molar-refractivity contribution in [1.82, 2.24) is 0 Å². The first-order chi connectivity index (χ1) is 8.62. The van der Waals surface area contributed by atoms with E-state index in [1.165, 1.54) is 44.6 Å². The second kappa shape index (κ2) is 6.21. The second-order valence-electron chi connectivity index (χ2n) is 3.23. The Hall–Kier alpha value is -2.61. The number of methoxy groups -OCH3 is 2. The van der Waals surface area contributed by atoms with Gasteiger partial charge in [-0.1, -0.05) is 24.3 Å². The van der Waals surface area contributed by atoms with E-state index in [1.807, 2.05) is 0 Å². The van der Waals surface area contributed by atoms with Crippen molar-refractivity contribution >= 4 is 23.7 Å². The number of hydrogen-bond donors (Lipinski definition) is 0. The molecule has 92 valence electrons. The topological polar surface area (TPSA) is 57.0 Å². The van der Waals surface area contributed by atoms with E-state index in [9.17, 15) is 9.59 Å². The van der Waals surface area contributed by atoms with Gasteiger partial charge in [0, 0.05) is 6.08 Å². The average molecular weight is 245 g/mol. The van der Waals surface area contributed by atoms with Crippen molar-refractivity contribution in [3.8, 4) is 0 Å². The zero-order valence-electron chi connectivity index (χ0n) is 9.97. The van der Waals surface area contributed by atoms with Crippen LogP contribution in [0.25, 0.3) is 10.9 Å². The van der Waals surface area contributed by atoms with E-state index in [0.29, 0.717) is 16.8 Å². The van der Waals surface area contributed by atoms with Crippen LogP contribution < -0.4 is 0 Å². The van der Waals surface area contributed by atoms with E-state index in [2.05, 4.69) is 14.3 Å². The molecule has 1 aromatic carbocycles. The van der Waals surface area contributed by atoms with Gasteiger partial charge in [0.25, 0.3) is 0 Å². The Morgan fingerprint density at radius 1 is 1.28 bits per heavy atom. The Balaban J connectivity index is 3.15. The fourth-order valence-corrected chi connectivity index (χ4v) is 1.26. The fourth-order valence-electron chi connectivity index (χ4n) is 1.26. The number of hydrogen-bond acceptors (Lipinski definition) is 4. The molecule has 0 saturated heterocycles. The maximum Gasteiger partial charge on any atom is 0.337 e. The van der Waals surface area contributed by atoms with Crippen LogP contribution in [0.4, 0.5) is 5.69 Å². The van der Waals surface area contributed by atoms with Gasteiger partial charge < -0.3 is 9.47 Å². The number of benzene rings is 1. The molecule has 0 fully saturated rings. The Bertz CT molecular complexity index is 540. The van der Waals surface area contributed by atoms with Crippen molar-refractivity contribution in [2.75, 3.05) is 14.2 Å². The number of carbonyl (C=O) groups is 2. The zero-order valence-corrected chi connectivity index (χ0v) is 9.97. The number of rotatable bonds is 3. The van der Waals surface area contributed by atoms with Crippen LogP contribution in [0.5, 0.6) is 0 Å². The molecule has 0 aliphatic rings. The molecule has 0 atom stereocenters. The van der Waals surface area contributed by atoms with Crippen molar-refractivity contribution in [2.24, 2.45) is 0 Å². The van der Waals surface area contributed by atoms with E-state index < -0.39 is 11.9 Å². The maximum absolute atomic E-state index is 11.3. The van der Waals surface area contributed by atoms with Gasteiger partial charge in [0.15, 0.2) is 5.69 Å². The predicted molar refractivity (Wildman–Crippen MR) is 65.1 cm³/mol. The molecule has 0 unspecified atom stereocenters. The molecule has 0 aliphatic carbocycles. The third-order valence-electron chi connectivity index (χ3n) is 2.17. The molecule has 0 saturated carbocycles. The highest BCUT2D eigenvalue weighted by Gasteiger charge is 2.08. The lowest BCUT2D eigenvalue weighted by Gasteiger charge is -2.02. The molecule has 0 spiro atoms. The van der Waals surface area contributed by atoms with E-state index in [0.717, 1.165) is 0 Å². The molecule has 5 nitrogen and oxygen atoms in total. The Morgan fingerprint density at radius 3 is 2.56 bits per heavy atom. The molecule has 0 bridgehead atoms. The lowest BCUT2D eigenvalue weighted by molar-refractivity contribution is -0.134. The molecular weight excluding hydrogens is 234 g/mol. The first kappa shape index (κ1) is 13.5. The molecular formula is C13H11NO4. The van der Waals surface area contributed by atoms with Gasteiger partial charge in [0.1, 0.15) is 0 Å². The normalized spacial score (nSPS) is 9.83. The summed E-state index contributed by atoms with van der Waals surface area (Å²) in [5.74, 6) is -1.03. The molecule has 1 rings (SSSR count). The summed E-state index contributed by atoms with van der Waals surface area (Å²) >= 11 is 0. The van der Waals surface area contributed by atoms with Crippen molar-refractivity contribution in [2.45, 2.75) is 0 Å². The summed E-state index contributed by atoms with van der Waals surface area (Å²) in [5.41, 5.74) is 1.11. The van der Waals surface area contributed by atoms with Crippen LogP contribution in [-0.4, -0.2) is 26.2 Å². The van der Waals surface area contributed by atoms with Gasteiger partial charge in [0.2, 0.25) is 0 Å². The number of esters is 2. The van der Waals surface area contributed by atoms with E-state index >= 15 is 0 Å². The minimum absolute atomic E-state index is 0.314. The predicted octanol–water partition coefficient (Wildman–Crippen LogP) is 2.21. The summed E-state index contributed by atoms with van der Waals surface area (Å²) in [6.07, 6.45) is 2.61. The second-order valence-corrected chi connectivity index (χ2v) is 3.23.